The monoisotopic (exact) mass is 494 g/mol. The predicted molar refractivity (Wildman–Crippen MR) is 117 cm³/mol. The summed E-state index contributed by atoms with van der Waals surface area (Å²) in [7, 11) is 0. The molecule has 3 aromatic rings. The molecule has 12 heteroatoms. The van der Waals surface area contributed by atoms with E-state index in [1.54, 1.807) is 6.92 Å². The second-order valence-electron chi connectivity index (χ2n) is 9.56. The molecular weight excluding hydrogens is 468 g/mol. The molecule has 2 fully saturated rings. The average Bonchev–Trinajstić information content (AvgIpc) is 3.45. The van der Waals surface area contributed by atoms with Gasteiger partial charge in [-0.15, -0.1) is 0 Å². The molecule has 2 aromatic heterocycles. The number of halogens is 4. The van der Waals surface area contributed by atoms with Crippen LogP contribution in [0.3, 0.4) is 0 Å². The third-order valence-corrected chi connectivity index (χ3v) is 6.84. The molecule has 0 spiro atoms. The summed E-state index contributed by atoms with van der Waals surface area (Å²) in [6.07, 6.45) is -2.08. The van der Waals surface area contributed by atoms with Crippen molar-refractivity contribution in [3.8, 4) is 11.8 Å². The molecule has 35 heavy (non-hydrogen) atoms. The first kappa shape index (κ1) is 23.6. The fourth-order valence-corrected chi connectivity index (χ4v) is 5.20. The van der Waals surface area contributed by atoms with Crippen molar-refractivity contribution in [1.29, 1.82) is 0 Å². The zero-order valence-corrected chi connectivity index (χ0v) is 19.6. The van der Waals surface area contributed by atoms with E-state index in [-0.39, 0.29) is 12.1 Å². The van der Waals surface area contributed by atoms with Gasteiger partial charge in [-0.05, 0) is 63.5 Å². The summed E-state index contributed by atoms with van der Waals surface area (Å²) >= 11 is 0. The van der Waals surface area contributed by atoms with Crippen molar-refractivity contribution in [2.75, 3.05) is 18.0 Å². The number of nitrogens with zero attached hydrogens (tertiary/aromatic N) is 6. The minimum absolute atomic E-state index is 0.0284. The van der Waals surface area contributed by atoms with Crippen molar-refractivity contribution in [3.63, 3.8) is 0 Å². The van der Waals surface area contributed by atoms with E-state index in [9.17, 15) is 17.6 Å². The average molecular weight is 494 g/mol. The molecule has 1 saturated carbocycles. The molecule has 1 aliphatic carbocycles. The maximum atomic E-state index is 14.5. The first-order chi connectivity index (χ1) is 16.6. The van der Waals surface area contributed by atoms with Gasteiger partial charge in [-0.2, -0.15) is 28.2 Å². The van der Waals surface area contributed by atoms with E-state index in [1.807, 2.05) is 13.8 Å². The van der Waals surface area contributed by atoms with Crippen LogP contribution in [0.4, 0.5) is 23.6 Å². The third-order valence-electron chi connectivity index (χ3n) is 6.84. The molecule has 1 saturated heterocycles. The van der Waals surface area contributed by atoms with Gasteiger partial charge < -0.3 is 14.2 Å². The SMILES string of the molecule is Cc1noc(N2C[C@H]3CC[C@@H](C2)C3Cc2nc(Oc3cccc(C(F)(F)F)c3F)n(C(C)C)n2)n1. The molecular formula is C23H26F4N6O2. The standard InChI is InChI=1S/C23H26F4N6O2/c1-12(2)33-22(34-18-6-4-5-17(20(18)24)23(25,26)27)29-19(30-33)9-16-14-7-8-15(16)11-32(10-14)21-28-13(3)31-35-21/h4-6,12,14-16H,7-11H2,1-3H3/t14-,15+,16?. The van der Waals surface area contributed by atoms with E-state index in [0.29, 0.717) is 47.9 Å². The van der Waals surface area contributed by atoms with Crippen LogP contribution in [0.1, 0.15) is 49.9 Å². The summed E-state index contributed by atoms with van der Waals surface area (Å²) in [5.41, 5.74) is -1.38. The molecule has 1 unspecified atom stereocenters. The first-order valence-electron chi connectivity index (χ1n) is 11.6. The second kappa shape index (κ2) is 8.80. The molecule has 0 amide bonds. The van der Waals surface area contributed by atoms with E-state index in [2.05, 4.69) is 25.1 Å². The quantitative estimate of drug-likeness (QED) is 0.436. The number of hydrogen-bond acceptors (Lipinski definition) is 7. The highest BCUT2D eigenvalue weighted by molar-refractivity contribution is 5.34. The highest BCUT2D eigenvalue weighted by Crippen LogP contribution is 2.44. The zero-order valence-electron chi connectivity index (χ0n) is 19.6. The molecule has 3 heterocycles. The summed E-state index contributed by atoms with van der Waals surface area (Å²) in [6.45, 7) is 7.08. The van der Waals surface area contributed by atoms with Crippen LogP contribution in [-0.2, 0) is 12.6 Å². The molecule has 2 bridgehead atoms. The molecule has 0 radical (unpaired) electrons. The van der Waals surface area contributed by atoms with Crippen LogP contribution in [0, 0.1) is 30.5 Å². The number of fused-ring (bicyclic) bond motifs is 2. The van der Waals surface area contributed by atoms with Crippen LogP contribution < -0.4 is 9.64 Å². The van der Waals surface area contributed by atoms with Crippen molar-refractivity contribution in [1.82, 2.24) is 24.9 Å². The Bertz CT molecular complexity index is 1190. The lowest BCUT2D eigenvalue weighted by atomic mass is 9.82. The van der Waals surface area contributed by atoms with E-state index in [4.69, 9.17) is 9.26 Å². The first-order valence-corrected chi connectivity index (χ1v) is 11.6. The van der Waals surface area contributed by atoms with Crippen LogP contribution in [-0.4, -0.2) is 38.0 Å². The summed E-state index contributed by atoms with van der Waals surface area (Å²) in [6, 6.07) is 3.27. The molecule has 5 rings (SSSR count). The highest BCUT2D eigenvalue weighted by atomic mass is 19.4. The number of rotatable bonds is 6. The third kappa shape index (κ3) is 4.57. The van der Waals surface area contributed by atoms with E-state index in [0.717, 1.165) is 38.1 Å². The van der Waals surface area contributed by atoms with Crippen LogP contribution in [0.5, 0.6) is 11.8 Å². The summed E-state index contributed by atoms with van der Waals surface area (Å²) in [4.78, 5) is 10.9. The Labute approximate surface area is 199 Å². The maximum absolute atomic E-state index is 14.5. The van der Waals surface area contributed by atoms with Gasteiger partial charge in [0, 0.05) is 19.5 Å². The van der Waals surface area contributed by atoms with E-state index in [1.165, 1.54) is 4.68 Å². The fourth-order valence-electron chi connectivity index (χ4n) is 5.20. The molecule has 8 nitrogen and oxygen atoms in total. The van der Waals surface area contributed by atoms with Crippen molar-refractivity contribution in [2.24, 2.45) is 17.8 Å². The summed E-state index contributed by atoms with van der Waals surface area (Å²) < 4.78 is 66.2. The number of piperidine rings is 1. The van der Waals surface area contributed by atoms with Crippen molar-refractivity contribution in [2.45, 2.75) is 52.3 Å². The number of anilines is 1. The maximum Gasteiger partial charge on any atom is 0.419 e. The topological polar surface area (TPSA) is 82.1 Å². The van der Waals surface area contributed by atoms with Gasteiger partial charge in [-0.25, -0.2) is 9.07 Å². The lowest BCUT2D eigenvalue weighted by Crippen LogP contribution is -2.43. The Morgan fingerprint density at radius 1 is 1.14 bits per heavy atom. The highest BCUT2D eigenvalue weighted by Gasteiger charge is 2.44. The zero-order chi connectivity index (χ0) is 24.9. The van der Waals surface area contributed by atoms with Crippen molar-refractivity contribution >= 4 is 6.01 Å². The van der Waals surface area contributed by atoms with Gasteiger partial charge in [0.2, 0.25) is 0 Å². The molecule has 3 atom stereocenters. The molecule has 1 aromatic carbocycles. The van der Waals surface area contributed by atoms with E-state index >= 15 is 0 Å². The van der Waals surface area contributed by atoms with Gasteiger partial charge in [0.25, 0.3) is 0 Å². The Hall–Kier alpha value is -3.18. The summed E-state index contributed by atoms with van der Waals surface area (Å²) in [5.74, 6) is 0.268. The molecule has 1 aliphatic heterocycles. The number of alkyl halides is 3. The van der Waals surface area contributed by atoms with Crippen LogP contribution in [0.25, 0.3) is 0 Å². The lowest BCUT2D eigenvalue weighted by molar-refractivity contribution is -0.140. The van der Waals surface area contributed by atoms with E-state index < -0.39 is 23.3 Å². The van der Waals surface area contributed by atoms with Gasteiger partial charge in [0.15, 0.2) is 23.2 Å². The molecule has 188 valence electrons. The predicted octanol–water partition coefficient (Wildman–Crippen LogP) is 5.21. The number of ether oxygens (including phenoxy) is 1. The van der Waals surface area contributed by atoms with Gasteiger partial charge >= 0.3 is 18.2 Å². The number of aromatic nitrogens is 5. The van der Waals surface area contributed by atoms with Gasteiger partial charge in [-0.1, -0.05) is 11.2 Å². The van der Waals surface area contributed by atoms with Crippen molar-refractivity contribution < 1.29 is 26.8 Å². The Morgan fingerprint density at radius 2 is 1.86 bits per heavy atom. The van der Waals surface area contributed by atoms with Gasteiger partial charge in [0.05, 0.1) is 11.6 Å². The number of hydrogen-bond donors (Lipinski definition) is 0. The summed E-state index contributed by atoms with van der Waals surface area (Å²) in [5, 5.41) is 8.44. The largest absolute Gasteiger partial charge is 0.421 e. The van der Waals surface area contributed by atoms with Gasteiger partial charge in [-0.3, -0.25) is 0 Å². The second-order valence-corrected chi connectivity index (χ2v) is 9.56. The number of aryl methyl sites for hydroxylation is 1. The molecule has 2 aliphatic rings. The normalized spacial score (nSPS) is 22.3. The van der Waals surface area contributed by atoms with Crippen LogP contribution in [0.15, 0.2) is 22.7 Å². The number of benzene rings is 1. The fraction of sp³-hybridized carbons (Fsp3) is 0.565. The van der Waals surface area contributed by atoms with Crippen molar-refractivity contribution in [3.05, 3.63) is 41.2 Å². The minimum atomic E-state index is -4.82. The smallest absolute Gasteiger partial charge is 0.419 e. The Balaban J connectivity index is 1.35. The molecule has 0 N–H and O–H groups in total. The van der Waals surface area contributed by atoms with Crippen LogP contribution in [0.2, 0.25) is 0 Å². The Kier molecular flexibility index (Phi) is 5.92. The Morgan fingerprint density at radius 3 is 2.46 bits per heavy atom. The minimum Gasteiger partial charge on any atom is -0.421 e. The van der Waals surface area contributed by atoms with Gasteiger partial charge in [0.1, 0.15) is 0 Å². The lowest BCUT2D eigenvalue weighted by Gasteiger charge is -2.36. The van der Waals surface area contributed by atoms with Crippen LogP contribution >= 0.6 is 0 Å².